The summed E-state index contributed by atoms with van der Waals surface area (Å²) in [5.74, 6) is 0.284. The van der Waals surface area contributed by atoms with Crippen molar-refractivity contribution in [1.82, 2.24) is 4.90 Å². The molecule has 3 rings (SSSR count). The first-order valence-corrected chi connectivity index (χ1v) is 10.5. The van der Waals surface area contributed by atoms with E-state index in [1.165, 1.54) is 11.8 Å². The van der Waals surface area contributed by atoms with Crippen molar-refractivity contribution in [3.8, 4) is 5.75 Å². The third kappa shape index (κ3) is 5.17. The smallest absolute Gasteiger partial charge is 0.242 e. The van der Waals surface area contributed by atoms with Crippen LogP contribution >= 0.6 is 11.8 Å². The fraction of sp³-hybridized carbons (Fsp3) is 0.318. The number of anilines is 1. The summed E-state index contributed by atoms with van der Waals surface area (Å²) < 4.78 is 5.26. The van der Waals surface area contributed by atoms with Crippen LogP contribution < -0.4 is 10.1 Å². The molecule has 0 aliphatic carbocycles. The Bertz CT molecular complexity index is 912. The topological polar surface area (TPSA) is 71.0 Å². The highest BCUT2D eigenvalue weighted by Gasteiger charge is 2.38. The first-order valence-electron chi connectivity index (χ1n) is 9.58. The highest BCUT2D eigenvalue weighted by atomic mass is 32.2. The minimum absolute atomic E-state index is 0.0714. The zero-order valence-corrected chi connectivity index (χ0v) is 17.7. The average molecular weight is 412 g/mol. The van der Waals surface area contributed by atoms with Crippen LogP contribution in [0.3, 0.4) is 0 Å². The lowest BCUT2D eigenvalue weighted by Crippen LogP contribution is -2.34. The van der Waals surface area contributed by atoms with Crippen LogP contribution in [0.15, 0.2) is 53.5 Å². The van der Waals surface area contributed by atoms with E-state index in [0.29, 0.717) is 23.1 Å². The van der Waals surface area contributed by atoms with Gasteiger partial charge in [-0.3, -0.25) is 14.5 Å². The van der Waals surface area contributed by atoms with E-state index in [1.54, 1.807) is 24.1 Å². The summed E-state index contributed by atoms with van der Waals surface area (Å²) in [5.41, 5.74) is 2.54. The molecular weight excluding hydrogens is 386 g/mol. The number of carbonyl (C=O) groups excluding carboxylic acids is 2. The molecule has 0 radical (unpaired) electrons. The summed E-state index contributed by atoms with van der Waals surface area (Å²) in [6.45, 7) is 4.62. The van der Waals surface area contributed by atoms with Gasteiger partial charge in [-0.05, 0) is 37.6 Å². The summed E-state index contributed by atoms with van der Waals surface area (Å²) in [4.78, 5) is 31.8. The Hall–Kier alpha value is -2.80. The van der Waals surface area contributed by atoms with Crippen LogP contribution in [0.2, 0.25) is 0 Å². The van der Waals surface area contributed by atoms with Crippen molar-refractivity contribution in [2.24, 2.45) is 4.99 Å². The second-order valence-electron chi connectivity index (χ2n) is 6.78. The normalized spacial score (nSPS) is 17.6. The number of methoxy groups -OCH3 is 1. The van der Waals surface area contributed by atoms with Gasteiger partial charge < -0.3 is 10.1 Å². The minimum Gasteiger partial charge on any atom is -0.495 e. The number of amidine groups is 1. The Balaban J connectivity index is 1.73. The number of amides is 2. The van der Waals surface area contributed by atoms with E-state index in [0.717, 1.165) is 17.7 Å². The van der Waals surface area contributed by atoms with Gasteiger partial charge in [-0.2, -0.15) is 0 Å². The molecule has 152 valence electrons. The number of aliphatic imine (C=N–C) groups is 1. The molecule has 2 amide bonds. The van der Waals surface area contributed by atoms with Crippen molar-refractivity contribution in [3.63, 3.8) is 0 Å². The SMILES string of the molecule is CCCN1C(=O)[C@H](CC(=O)Nc2ccccc2OC)SC1=Nc1ccc(C)cc1. The predicted octanol–water partition coefficient (Wildman–Crippen LogP) is 4.37. The Morgan fingerprint density at radius 2 is 1.93 bits per heavy atom. The van der Waals surface area contributed by atoms with Gasteiger partial charge >= 0.3 is 0 Å². The zero-order valence-electron chi connectivity index (χ0n) is 16.8. The zero-order chi connectivity index (χ0) is 20.8. The number of rotatable bonds is 7. The summed E-state index contributed by atoms with van der Waals surface area (Å²) in [6.07, 6.45) is 0.897. The van der Waals surface area contributed by atoms with Crippen molar-refractivity contribution in [2.45, 2.75) is 31.9 Å². The maximum Gasteiger partial charge on any atom is 0.242 e. The van der Waals surface area contributed by atoms with Gasteiger partial charge in [-0.15, -0.1) is 0 Å². The van der Waals surface area contributed by atoms with Crippen LogP contribution in [0.25, 0.3) is 0 Å². The number of nitrogens with zero attached hydrogens (tertiary/aromatic N) is 2. The number of ether oxygens (including phenoxy) is 1. The molecule has 2 aromatic rings. The number of carbonyl (C=O) groups is 2. The molecule has 1 atom stereocenters. The molecule has 1 saturated heterocycles. The number of para-hydroxylation sites is 2. The van der Waals surface area contributed by atoms with Gasteiger partial charge in [0.05, 0.1) is 18.5 Å². The molecule has 1 N–H and O–H groups in total. The molecule has 0 unspecified atom stereocenters. The summed E-state index contributed by atoms with van der Waals surface area (Å²) in [5, 5.41) is 3.00. The van der Waals surface area contributed by atoms with Crippen molar-refractivity contribution in [1.29, 1.82) is 0 Å². The second-order valence-corrected chi connectivity index (χ2v) is 7.95. The van der Waals surface area contributed by atoms with E-state index in [4.69, 9.17) is 4.74 Å². The standard InChI is InChI=1S/C22H25N3O3S/c1-4-13-25-21(27)19(29-22(25)23-16-11-9-15(2)10-12-16)14-20(26)24-17-7-5-6-8-18(17)28-3/h5-12,19H,4,13-14H2,1-3H3,(H,24,26)/t19-/m0/s1. The first kappa shape index (κ1) is 20.9. The lowest BCUT2D eigenvalue weighted by Gasteiger charge is -2.15. The molecule has 0 spiro atoms. The molecule has 1 aliphatic heterocycles. The lowest BCUT2D eigenvalue weighted by atomic mass is 10.2. The summed E-state index contributed by atoms with van der Waals surface area (Å²) >= 11 is 1.35. The molecule has 0 aromatic heterocycles. The molecular formula is C22H25N3O3S. The van der Waals surface area contributed by atoms with Crippen LogP contribution in [-0.2, 0) is 9.59 Å². The molecule has 0 saturated carbocycles. The highest BCUT2D eigenvalue weighted by Crippen LogP contribution is 2.32. The number of benzene rings is 2. The van der Waals surface area contributed by atoms with Crippen molar-refractivity contribution >= 4 is 40.1 Å². The monoisotopic (exact) mass is 411 g/mol. The largest absolute Gasteiger partial charge is 0.495 e. The van der Waals surface area contributed by atoms with E-state index in [-0.39, 0.29) is 18.2 Å². The minimum atomic E-state index is -0.486. The Morgan fingerprint density at radius 1 is 1.21 bits per heavy atom. The first-order chi connectivity index (χ1) is 14.0. The van der Waals surface area contributed by atoms with Gasteiger partial charge in [-0.25, -0.2) is 4.99 Å². The maximum atomic E-state index is 12.9. The Labute approximate surface area is 175 Å². The van der Waals surface area contributed by atoms with Crippen molar-refractivity contribution < 1.29 is 14.3 Å². The number of thioether (sulfide) groups is 1. The molecule has 29 heavy (non-hydrogen) atoms. The van der Waals surface area contributed by atoms with Crippen LogP contribution in [0.5, 0.6) is 5.75 Å². The van der Waals surface area contributed by atoms with Gasteiger partial charge in [0.1, 0.15) is 11.0 Å². The molecule has 0 bridgehead atoms. The third-order valence-electron chi connectivity index (χ3n) is 4.48. The van der Waals surface area contributed by atoms with Gasteiger partial charge in [0.15, 0.2) is 5.17 Å². The van der Waals surface area contributed by atoms with Gasteiger partial charge in [-0.1, -0.05) is 48.5 Å². The highest BCUT2D eigenvalue weighted by molar-refractivity contribution is 8.15. The third-order valence-corrected chi connectivity index (χ3v) is 5.65. The van der Waals surface area contributed by atoms with E-state index in [9.17, 15) is 9.59 Å². The van der Waals surface area contributed by atoms with E-state index < -0.39 is 5.25 Å². The maximum absolute atomic E-state index is 12.9. The average Bonchev–Trinajstić information content (AvgIpc) is 2.99. The second kappa shape index (κ2) is 9.60. The quantitative estimate of drug-likeness (QED) is 0.734. The molecule has 7 heteroatoms. The molecule has 2 aromatic carbocycles. The summed E-state index contributed by atoms with van der Waals surface area (Å²) in [6, 6.07) is 15.0. The molecule has 6 nitrogen and oxygen atoms in total. The fourth-order valence-corrected chi connectivity index (χ4v) is 4.19. The molecule has 1 heterocycles. The van der Waals surface area contributed by atoms with Crippen molar-refractivity contribution in [3.05, 3.63) is 54.1 Å². The van der Waals surface area contributed by atoms with E-state index in [1.807, 2.05) is 50.2 Å². The number of nitrogens with one attached hydrogen (secondary N) is 1. The Morgan fingerprint density at radius 3 is 2.62 bits per heavy atom. The van der Waals surface area contributed by atoms with Crippen LogP contribution in [0.1, 0.15) is 25.3 Å². The molecule has 1 fully saturated rings. The van der Waals surface area contributed by atoms with E-state index >= 15 is 0 Å². The fourth-order valence-electron chi connectivity index (χ4n) is 3.00. The van der Waals surface area contributed by atoms with Crippen molar-refractivity contribution in [2.75, 3.05) is 19.0 Å². The molecule has 1 aliphatic rings. The number of hydrogen-bond acceptors (Lipinski definition) is 5. The Kier molecular flexibility index (Phi) is 6.93. The van der Waals surface area contributed by atoms with Gasteiger partial charge in [0.2, 0.25) is 11.8 Å². The van der Waals surface area contributed by atoms with E-state index in [2.05, 4.69) is 10.3 Å². The lowest BCUT2D eigenvalue weighted by molar-refractivity contribution is -0.128. The number of aryl methyl sites for hydroxylation is 1. The number of hydrogen-bond donors (Lipinski definition) is 1. The van der Waals surface area contributed by atoms with Crippen LogP contribution in [0, 0.1) is 6.92 Å². The predicted molar refractivity (Wildman–Crippen MR) is 118 cm³/mol. The van der Waals surface area contributed by atoms with Gasteiger partial charge in [0.25, 0.3) is 0 Å². The van der Waals surface area contributed by atoms with Crippen LogP contribution in [-0.4, -0.2) is 40.8 Å². The van der Waals surface area contributed by atoms with Crippen LogP contribution in [0.4, 0.5) is 11.4 Å². The van der Waals surface area contributed by atoms with Gasteiger partial charge in [0, 0.05) is 13.0 Å². The summed E-state index contributed by atoms with van der Waals surface area (Å²) in [7, 11) is 1.55.